The summed E-state index contributed by atoms with van der Waals surface area (Å²) in [5.74, 6) is -1.16. The van der Waals surface area contributed by atoms with Crippen molar-refractivity contribution in [2.45, 2.75) is 12.8 Å². The van der Waals surface area contributed by atoms with Crippen LogP contribution in [0.4, 0.5) is 20.4 Å². The first-order chi connectivity index (χ1) is 26.5. The van der Waals surface area contributed by atoms with Gasteiger partial charge in [-0.05, 0) is 95.8 Å². The molecule has 8 rings (SSSR count). The quantitative estimate of drug-likeness (QED) is 0.149. The number of nitrogen functional groups attached to an aromatic ring is 1. The summed E-state index contributed by atoms with van der Waals surface area (Å²) >= 11 is 11.5. The third kappa shape index (κ3) is 10.2. The summed E-state index contributed by atoms with van der Waals surface area (Å²) in [7, 11) is 0. The van der Waals surface area contributed by atoms with Crippen LogP contribution in [0.2, 0.25) is 10.0 Å². The number of amides is 1. The van der Waals surface area contributed by atoms with Gasteiger partial charge in [-0.25, -0.2) is 23.5 Å². The van der Waals surface area contributed by atoms with Gasteiger partial charge >= 0.3 is 5.97 Å². The minimum Gasteiger partial charge on any atom is -0.478 e. The molecule has 0 aliphatic heterocycles. The number of fused-ring (bicyclic) bond motifs is 2. The number of anilines is 2. The van der Waals surface area contributed by atoms with Crippen LogP contribution in [-0.2, 0) is 12.8 Å². The lowest BCUT2D eigenvalue weighted by Crippen LogP contribution is -2.13. The number of carbonyl (C=O) groups excluding carboxylic acids is 1. The van der Waals surface area contributed by atoms with Crippen molar-refractivity contribution >= 4 is 58.0 Å². The molecule has 8 aromatic rings. The highest BCUT2D eigenvalue weighted by atomic mass is 35.5. The Morgan fingerprint density at radius 1 is 0.673 bits per heavy atom. The summed E-state index contributed by atoms with van der Waals surface area (Å²) < 4.78 is 29.4. The lowest BCUT2D eigenvalue weighted by atomic mass is 10.1. The average molecular weight is 782 g/mol. The van der Waals surface area contributed by atoms with Gasteiger partial charge < -0.3 is 16.2 Å². The molecule has 55 heavy (non-hydrogen) atoms. The SMILES string of the molecule is Nc1ccc(Cc2ccc(F)c(Cl)c2)cn1.O=C(Nc1ccc(Cc2ccc(F)c(Cl)c2)cn1)c1ccc2nncn2c1.O=C(O)c1ccc2nncn2c1. The Morgan fingerprint density at radius 3 is 1.67 bits per heavy atom. The Hall–Kier alpha value is -6.84. The minimum atomic E-state index is -0.953. The van der Waals surface area contributed by atoms with Gasteiger partial charge in [-0.3, -0.25) is 13.6 Å². The number of pyridine rings is 4. The number of nitrogens with one attached hydrogen (secondary N) is 1. The zero-order chi connectivity index (χ0) is 38.9. The third-order valence-corrected chi connectivity index (χ3v) is 8.37. The Bertz CT molecular complexity index is 2600. The van der Waals surface area contributed by atoms with Crippen molar-refractivity contribution in [1.82, 2.24) is 39.2 Å². The molecule has 2 aromatic carbocycles. The van der Waals surface area contributed by atoms with Crippen molar-refractivity contribution in [1.29, 1.82) is 0 Å². The molecular formula is C38H28Cl2F2N10O3. The van der Waals surface area contributed by atoms with Crippen molar-refractivity contribution < 1.29 is 23.5 Å². The first-order valence-corrected chi connectivity index (χ1v) is 16.9. The first kappa shape index (κ1) is 37.9. The predicted octanol–water partition coefficient (Wildman–Crippen LogP) is 7.23. The Labute approximate surface area is 321 Å². The normalized spacial score (nSPS) is 10.6. The fourth-order valence-corrected chi connectivity index (χ4v) is 5.42. The molecule has 0 radical (unpaired) electrons. The number of halogens is 4. The van der Waals surface area contributed by atoms with Crippen molar-refractivity contribution in [3.8, 4) is 0 Å². The molecule has 4 N–H and O–H groups in total. The van der Waals surface area contributed by atoms with E-state index in [1.165, 1.54) is 37.1 Å². The number of nitrogens with zero attached hydrogens (tertiary/aromatic N) is 8. The molecule has 0 aliphatic carbocycles. The average Bonchev–Trinajstić information content (AvgIpc) is 3.86. The van der Waals surface area contributed by atoms with Crippen LogP contribution in [0.25, 0.3) is 11.3 Å². The van der Waals surface area contributed by atoms with Crippen molar-refractivity contribution in [3.63, 3.8) is 0 Å². The molecule has 6 aromatic heterocycles. The summed E-state index contributed by atoms with van der Waals surface area (Å²) in [5.41, 5.74) is 11.2. The monoisotopic (exact) mass is 780 g/mol. The number of hydrogen-bond donors (Lipinski definition) is 3. The third-order valence-electron chi connectivity index (χ3n) is 7.79. The van der Waals surface area contributed by atoms with E-state index in [4.69, 9.17) is 34.0 Å². The molecular weight excluding hydrogens is 753 g/mol. The number of aromatic nitrogens is 8. The second-order valence-electron chi connectivity index (χ2n) is 11.8. The van der Waals surface area contributed by atoms with Gasteiger partial charge in [0.25, 0.3) is 5.91 Å². The van der Waals surface area contributed by atoms with Gasteiger partial charge in [0, 0.05) is 24.8 Å². The maximum Gasteiger partial charge on any atom is 0.337 e. The second-order valence-corrected chi connectivity index (χ2v) is 12.6. The van der Waals surface area contributed by atoms with Crippen molar-refractivity contribution in [2.24, 2.45) is 0 Å². The molecule has 0 unspecified atom stereocenters. The van der Waals surface area contributed by atoms with E-state index in [2.05, 4.69) is 35.7 Å². The molecule has 0 saturated heterocycles. The largest absolute Gasteiger partial charge is 0.478 e. The molecule has 1 amide bonds. The Balaban J connectivity index is 0.000000155. The molecule has 276 valence electrons. The molecule has 13 nitrogen and oxygen atoms in total. The molecule has 0 bridgehead atoms. The second kappa shape index (κ2) is 17.3. The van der Waals surface area contributed by atoms with Crippen LogP contribution < -0.4 is 11.1 Å². The fraction of sp³-hybridized carbons (Fsp3) is 0.0526. The number of benzene rings is 2. The van der Waals surface area contributed by atoms with E-state index in [0.717, 1.165) is 22.3 Å². The summed E-state index contributed by atoms with van der Waals surface area (Å²) in [6.45, 7) is 0. The van der Waals surface area contributed by atoms with Gasteiger partial charge in [0.15, 0.2) is 11.3 Å². The van der Waals surface area contributed by atoms with Gasteiger partial charge in [0.1, 0.15) is 35.9 Å². The number of carbonyl (C=O) groups is 2. The van der Waals surface area contributed by atoms with Gasteiger partial charge in [-0.15, -0.1) is 20.4 Å². The predicted molar refractivity (Wildman–Crippen MR) is 202 cm³/mol. The van der Waals surface area contributed by atoms with E-state index < -0.39 is 17.6 Å². The fourth-order valence-electron chi connectivity index (χ4n) is 5.02. The van der Waals surface area contributed by atoms with Crippen LogP contribution in [0.15, 0.2) is 122 Å². The smallest absolute Gasteiger partial charge is 0.337 e. The summed E-state index contributed by atoms with van der Waals surface area (Å²) in [6, 6.07) is 23.0. The zero-order valence-corrected chi connectivity index (χ0v) is 29.9. The number of carboxylic acids is 1. The molecule has 0 fully saturated rings. The van der Waals surface area contributed by atoms with E-state index in [-0.39, 0.29) is 21.5 Å². The van der Waals surface area contributed by atoms with Crippen LogP contribution >= 0.6 is 23.2 Å². The molecule has 0 atom stereocenters. The lowest BCUT2D eigenvalue weighted by molar-refractivity contribution is 0.0696. The first-order valence-electron chi connectivity index (χ1n) is 16.2. The van der Waals surface area contributed by atoms with Gasteiger partial charge in [0.05, 0.1) is 21.2 Å². The van der Waals surface area contributed by atoms with Gasteiger partial charge in [-0.1, -0.05) is 47.5 Å². The standard InChI is InChI=1S/C19H13ClFN5O.C12H10ClFN2.C7H5N3O2/c20-15-8-12(1-4-16(15)21)7-13-2-5-17(22-9-13)24-19(27)14-3-6-18-25-23-11-26(18)10-14;13-10-6-8(1-3-11(10)14)5-9-2-4-12(15)16-7-9;11-7(12)5-1-2-6-9-8-4-10(6)3-5/h1-6,8-11H,7H2,(H,22,24,27);1-4,6-7H,5H2,(H2,15,16);1-4H,(H,11,12). The van der Waals surface area contributed by atoms with Crippen LogP contribution in [-0.4, -0.2) is 56.1 Å². The van der Waals surface area contributed by atoms with Crippen LogP contribution in [0.1, 0.15) is 43.0 Å². The van der Waals surface area contributed by atoms with E-state index in [9.17, 15) is 18.4 Å². The minimum absolute atomic E-state index is 0.0920. The number of carboxylic acid groups (broad SMARTS) is 1. The van der Waals surface area contributed by atoms with E-state index in [1.54, 1.807) is 82.0 Å². The maximum absolute atomic E-state index is 13.2. The highest BCUT2D eigenvalue weighted by molar-refractivity contribution is 6.31. The van der Waals surface area contributed by atoms with E-state index in [0.29, 0.717) is 41.3 Å². The maximum atomic E-state index is 13.2. The van der Waals surface area contributed by atoms with Gasteiger partial charge in [0.2, 0.25) is 0 Å². The molecule has 0 saturated carbocycles. The summed E-state index contributed by atoms with van der Waals surface area (Å²) in [6.07, 6.45) is 10.7. The topological polar surface area (TPSA) is 179 Å². The lowest BCUT2D eigenvalue weighted by Gasteiger charge is -2.07. The molecule has 17 heteroatoms. The van der Waals surface area contributed by atoms with E-state index in [1.807, 2.05) is 12.1 Å². The zero-order valence-electron chi connectivity index (χ0n) is 28.4. The van der Waals surface area contributed by atoms with Crippen molar-refractivity contribution in [2.75, 3.05) is 11.1 Å². The number of rotatable bonds is 7. The molecule has 6 heterocycles. The van der Waals surface area contributed by atoms with Crippen molar-refractivity contribution in [3.05, 3.63) is 177 Å². The highest BCUT2D eigenvalue weighted by Gasteiger charge is 2.10. The molecule has 0 aliphatic rings. The van der Waals surface area contributed by atoms with Crippen LogP contribution in [0.3, 0.4) is 0 Å². The number of hydrogen-bond acceptors (Lipinski definition) is 9. The Morgan fingerprint density at radius 2 is 1.18 bits per heavy atom. The van der Waals surface area contributed by atoms with Crippen LogP contribution in [0.5, 0.6) is 0 Å². The summed E-state index contributed by atoms with van der Waals surface area (Å²) in [4.78, 5) is 31.1. The number of aromatic carboxylic acids is 1. The number of nitrogens with two attached hydrogens (primary N) is 1. The highest BCUT2D eigenvalue weighted by Crippen LogP contribution is 2.20. The van der Waals surface area contributed by atoms with Crippen LogP contribution in [0, 0.1) is 11.6 Å². The van der Waals surface area contributed by atoms with E-state index >= 15 is 0 Å². The summed E-state index contributed by atoms with van der Waals surface area (Å²) in [5, 5.41) is 26.6. The molecule has 0 spiro atoms. The van der Waals surface area contributed by atoms with Gasteiger partial charge in [-0.2, -0.15) is 0 Å². The Kier molecular flexibility index (Phi) is 11.9.